The van der Waals surface area contributed by atoms with Gasteiger partial charge in [0.25, 0.3) is 0 Å². The summed E-state index contributed by atoms with van der Waals surface area (Å²) < 4.78 is 5.52. The summed E-state index contributed by atoms with van der Waals surface area (Å²) in [5.41, 5.74) is 0.743. The molecule has 1 aromatic rings. The number of hydrogen-bond donors (Lipinski definition) is 1. The van der Waals surface area contributed by atoms with E-state index in [0.717, 1.165) is 5.69 Å². The van der Waals surface area contributed by atoms with Crippen molar-refractivity contribution < 1.29 is 9.53 Å². The first-order valence-corrected chi connectivity index (χ1v) is 6.92. The molecular formula is C16H21NO2. The van der Waals surface area contributed by atoms with E-state index in [1.54, 1.807) is 6.08 Å². The summed E-state index contributed by atoms with van der Waals surface area (Å²) in [6.07, 6.45) is 7.20. The van der Waals surface area contributed by atoms with Crippen molar-refractivity contribution in [2.45, 2.75) is 32.1 Å². The molecule has 0 saturated heterocycles. The van der Waals surface area contributed by atoms with Crippen molar-refractivity contribution >= 4 is 11.6 Å². The Balaban J connectivity index is 1.93. The smallest absolute Gasteiger partial charge is 0.224 e. The van der Waals surface area contributed by atoms with Gasteiger partial charge in [0.15, 0.2) is 0 Å². The number of hydrogen-bond acceptors (Lipinski definition) is 2. The van der Waals surface area contributed by atoms with E-state index < -0.39 is 0 Å². The number of rotatable bonds is 6. The fraction of sp³-hybridized carbons (Fsp3) is 0.438. The lowest BCUT2D eigenvalue weighted by Crippen LogP contribution is -2.15. The zero-order chi connectivity index (χ0) is 13.5. The number of nitrogens with one attached hydrogen (secondary N) is 1. The molecule has 1 aromatic carbocycles. The molecule has 2 rings (SSSR count). The summed E-state index contributed by atoms with van der Waals surface area (Å²) in [7, 11) is 0. The van der Waals surface area contributed by atoms with E-state index in [1.807, 2.05) is 24.3 Å². The summed E-state index contributed by atoms with van der Waals surface area (Å²) in [6, 6.07) is 7.51. The van der Waals surface area contributed by atoms with Crippen LogP contribution in [0.5, 0.6) is 5.75 Å². The lowest BCUT2D eigenvalue weighted by molar-refractivity contribution is -0.117. The number of anilines is 1. The number of carbonyl (C=O) groups excluding carboxylic acids is 1. The minimum absolute atomic E-state index is 0.0848. The molecule has 0 spiro atoms. The molecule has 0 atom stereocenters. The van der Waals surface area contributed by atoms with Gasteiger partial charge in [-0.1, -0.05) is 37.6 Å². The largest absolute Gasteiger partial charge is 0.487 e. The molecular weight excluding hydrogens is 238 g/mol. The predicted molar refractivity (Wildman–Crippen MR) is 77.3 cm³/mol. The Morgan fingerprint density at radius 1 is 1.37 bits per heavy atom. The molecule has 0 unspecified atom stereocenters. The Kier molecular flexibility index (Phi) is 5.01. The van der Waals surface area contributed by atoms with Gasteiger partial charge in [0, 0.05) is 6.42 Å². The molecule has 102 valence electrons. The van der Waals surface area contributed by atoms with Crippen LogP contribution < -0.4 is 10.1 Å². The average Bonchev–Trinajstić information content (AvgIpc) is 2.90. The molecule has 3 nitrogen and oxygen atoms in total. The van der Waals surface area contributed by atoms with Crippen LogP contribution in [0.3, 0.4) is 0 Å². The maximum absolute atomic E-state index is 12.0. The van der Waals surface area contributed by atoms with Gasteiger partial charge in [-0.15, -0.1) is 0 Å². The van der Waals surface area contributed by atoms with E-state index in [-0.39, 0.29) is 5.91 Å². The molecule has 1 saturated carbocycles. The Bertz CT molecular complexity index is 436. The Hall–Kier alpha value is -1.77. The maximum atomic E-state index is 12.0. The van der Waals surface area contributed by atoms with E-state index in [1.165, 1.54) is 25.7 Å². The molecule has 1 aliphatic rings. The van der Waals surface area contributed by atoms with Gasteiger partial charge in [0.2, 0.25) is 5.91 Å². The van der Waals surface area contributed by atoms with E-state index in [9.17, 15) is 4.79 Å². The first kappa shape index (κ1) is 13.7. The molecule has 1 N–H and O–H groups in total. The van der Waals surface area contributed by atoms with Gasteiger partial charge in [0.1, 0.15) is 12.4 Å². The van der Waals surface area contributed by atoms with Crippen LogP contribution in [0, 0.1) is 5.92 Å². The molecule has 19 heavy (non-hydrogen) atoms. The topological polar surface area (TPSA) is 38.3 Å². The summed E-state index contributed by atoms with van der Waals surface area (Å²) in [5, 5.41) is 2.95. The second-order valence-corrected chi connectivity index (χ2v) is 5.00. The van der Waals surface area contributed by atoms with Crippen molar-refractivity contribution in [3.63, 3.8) is 0 Å². The van der Waals surface area contributed by atoms with Gasteiger partial charge in [-0.25, -0.2) is 0 Å². The van der Waals surface area contributed by atoms with Crippen LogP contribution in [-0.2, 0) is 4.79 Å². The zero-order valence-corrected chi connectivity index (χ0v) is 11.2. The average molecular weight is 259 g/mol. The van der Waals surface area contributed by atoms with E-state index in [4.69, 9.17) is 4.74 Å². The third-order valence-electron chi connectivity index (χ3n) is 3.47. The van der Waals surface area contributed by atoms with Gasteiger partial charge in [-0.2, -0.15) is 0 Å². The first-order chi connectivity index (χ1) is 9.29. The van der Waals surface area contributed by atoms with E-state index >= 15 is 0 Å². The minimum Gasteiger partial charge on any atom is -0.487 e. The fourth-order valence-electron chi connectivity index (χ4n) is 2.52. The van der Waals surface area contributed by atoms with Gasteiger partial charge in [-0.3, -0.25) is 4.79 Å². The van der Waals surface area contributed by atoms with Crippen molar-refractivity contribution in [3.8, 4) is 5.75 Å². The number of carbonyl (C=O) groups is 1. The van der Waals surface area contributed by atoms with Crippen LogP contribution in [0.2, 0.25) is 0 Å². The molecule has 0 aliphatic heterocycles. The van der Waals surface area contributed by atoms with Crippen molar-refractivity contribution in [1.29, 1.82) is 0 Å². The highest BCUT2D eigenvalue weighted by Crippen LogP contribution is 2.29. The highest BCUT2D eigenvalue weighted by molar-refractivity contribution is 5.92. The predicted octanol–water partition coefficient (Wildman–Crippen LogP) is 3.77. The van der Waals surface area contributed by atoms with E-state index in [0.29, 0.717) is 24.7 Å². The van der Waals surface area contributed by atoms with Crippen LogP contribution in [-0.4, -0.2) is 12.5 Å². The Morgan fingerprint density at radius 3 is 2.84 bits per heavy atom. The molecule has 0 aromatic heterocycles. The molecule has 1 fully saturated rings. The fourth-order valence-corrected chi connectivity index (χ4v) is 2.52. The molecule has 3 heteroatoms. The normalized spacial score (nSPS) is 15.2. The Labute approximate surface area is 114 Å². The maximum Gasteiger partial charge on any atom is 0.224 e. The van der Waals surface area contributed by atoms with Gasteiger partial charge in [-0.05, 0) is 30.9 Å². The van der Waals surface area contributed by atoms with Crippen LogP contribution in [0.1, 0.15) is 32.1 Å². The van der Waals surface area contributed by atoms with Crippen molar-refractivity contribution in [2.24, 2.45) is 5.92 Å². The highest BCUT2D eigenvalue weighted by Gasteiger charge is 2.18. The van der Waals surface area contributed by atoms with Crippen molar-refractivity contribution in [3.05, 3.63) is 36.9 Å². The number of benzene rings is 1. The molecule has 1 amide bonds. The lowest BCUT2D eigenvalue weighted by atomic mass is 10.0. The van der Waals surface area contributed by atoms with Crippen LogP contribution >= 0.6 is 0 Å². The zero-order valence-electron chi connectivity index (χ0n) is 11.2. The molecule has 1 aliphatic carbocycles. The van der Waals surface area contributed by atoms with Crippen molar-refractivity contribution in [1.82, 2.24) is 0 Å². The van der Waals surface area contributed by atoms with Gasteiger partial charge < -0.3 is 10.1 Å². The number of ether oxygens (including phenoxy) is 1. The SMILES string of the molecule is C=CCOc1ccccc1NC(=O)CC1CCCC1. The monoisotopic (exact) mass is 259 g/mol. The summed E-state index contributed by atoms with van der Waals surface area (Å²) in [4.78, 5) is 12.0. The number of amides is 1. The third kappa shape index (κ3) is 4.12. The van der Waals surface area contributed by atoms with Crippen LogP contribution in [0.4, 0.5) is 5.69 Å². The highest BCUT2D eigenvalue weighted by atomic mass is 16.5. The molecule has 0 heterocycles. The summed E-state index contributed by atoms with van der Waals surface area (Å²) >= 11 is 0. The summed E-state index contributed by atoms with van der Waals surface area (Å²) in [5.74, 6) is 1.34. The molecule has 0 bridgehead atoms. The quantitative estimate of drug-likeness (QED) is 0.790. The van der Waals surface area contributed by atoms with Crippen LogP contribution in [0.25, 0.3) is 0 Å². The van der Waals surface area contributed by atoms with Crippen LogP contribution in [0.15, 0.2) is 36.9 Å². The second kappa shape index (κ2) is 6.98. The minimum atomic E-state index is 0.0848. The third-order valence-corrected chi connectivity index (χ3v) is 3.47. The standard InChI is InChI=1S/C16H21NO2/c1-2-11-19-15-10-6-5-9-14(15)17-16(18)12-13-7-3-4-8-13/h2,5-6,9-10,13H,1,3-4,7-8,11-12H2,(H,17,18). The van der Waals surface area contributed by atoms with Crippen molar-refractivity contribution in [2.75, 3.05) is 11.9 Å². The molecule has 0 radical (unpaired) electrons. The van der Waals surface area contributed by atoms with Gasteiger partial charge >= 0.3 is 0 Å². The summed E-state index contributed by atoms with van der Waals surface area (Å²) in [6.45, 7) is 4.06. The first-order valence-electron chi connectivity index (χ1n) is 6.92. The second-order valence-electron chi connectivity index (χ2n) is 5.00. The van der Waals surface area contributed by atoms with E-state index in [2.05, 4.69) is 11.9 Å². The van der Waals surface area contributed by atoms with Gasteiger partial charge in [0.05, 0.1) is 5.69 Å². The number of para-hydroxylation sites is 2. The lowest BCUT2D eigenvalue weighted by Gasteiger charge is -2.13. The Morgan fingerprint density at radius 2 is 2.11 bits per heavy atom.